The molecule has 0 atom stereocenters. The first kappa shape index (κ1) is 15.9. The average molecular weight is 315 g/mol. The Bertz CT molecular complexity index is 622. The van der Waals surface area contributed by atoms with Crippen molar-refractivity contribution in [2.45, 2.75) is 12.4 Å². The van der Waals surface area contributed by atoms with Crippen LogP contribution in [-0.2, 0) is 24.3 Å². The molecule has 0 aliphatic rings. The molecule has 0 radical (unpaired) electrons. The van der Waals surface area contributed by atoms with Crippen molar-refractivity contribution >= 4 is 27.7 Å². The highest BCUT2D eigenvalue weighted by Gasteiger charge is 2.49. The summed E-state index contributed by atoms with van der Waals surface area (Å²) < 4.78 is 63.2. The molecule has 0 fully saturated rings. The number of nitrogens with zero attached hydrogens (tertiary/aromatic N) is 2. The zero-order valence-corrected chi connectivity index (χ0v) is 10.7. The number of halogens is 3. The maximum atomic E-state index is 12.3. The molecule has 0 aliphatic heterocycles. The largest absolute Gasteiger partial charge is 0.518 e. The van der Waals surface area contributed by atoms with E-state index in [-0.39, 0.29) is 4.09 Å². The Hall–Kier alpha value is -2.11. The van der Waals surface area contributed by atoms with Gasteiger partial charge in [-0.05, 0) is 0 Å². The van der Waals surface area contributed by atoms with E-state index in [1.54, 1.807) is 0 Å². The lowest BCUT2D eigenvalue weighted by molar-refractivity contribution is -0.144. The van der Waals surface area contributed by atoms with E-state index in [1.807, 2.05) is 5.32 Å². The summed E-state index contributed by atoms with van der Waals surface area (Å²) in [7, 11) is -5.76. The van der Waals surface area contributed by atoms with Crippen LogP contribution in [0, 0.1) is 0 Å². The van der Waals surface area contributed by atoms with Crippen LogP contribution in [0.25, 0.3) is 0 Å². The summed E-state index contributed by atoms with van der Waals surface area (Å²) in [6.07, 6.45) is 0.755. The second-order valence-electron chi connectivity index (χ2n) is 3.34. The fourth-order valence-corrected chi connectivity index (χ4v) is 1.76. The van der Waals surface area contributed by atoms with Gasteiger partial charge in [0.2, 0.25) is 0 Å². The highest BCUT2D eigenvalue weighted by Crippen LogP contribution is 2.27. The van der Waals surface area contributed by atoms with Crippen molar-refractivity contribution in [1.29, 1.82) is 0 Å². The maximum Gasteiger partial charge on any atom is 0.518 e. The molecular weight excluding hydrogens is 307 g/mol. The SMILES string of the molecule is CC(=O)OCC(=O)Nc1ccnn1S(=O)(=O)C(F)(F)F. The van der Waals surface area contributed by atoms with Crippen molar-refractivity contribution in [1.82, 2.24) is 9.19 Å². The number of carbonyl (C=O) groups excluding carboxylic acids is 2. The van der Waals surface area contributed by atoms with E-state index < -0.39 is 39.8 Å². The minimum absolute atomic E-state index is 0.376. The van der Waals surface area contributed by atoms with E-state index in [4.69, 9.17) is 0 Å². The van der Waals surface area contributed by atoms with Crippen LogP contribution < -0.4 is 5.32 Å². The lowest BCUT2D eigenvalue weighted by Crippen LogP contribution is -2.32. The van der Waals surface area contributed by atoms with Gasteiger partial charge in [0.1, 0.15) is 5.82 Å². The number of amides is 1. The van der Waals surface area contributed by atoms with Crippen molar-refractivity contribution in [2.24, 2.45) is 0 Å². The molecule has 1 aromatic rings. The molecular formula is C8H8F3N3O5S. The molecule has 0 spiro atoms. The molecule has 1 aromatic heterocycles. The van der Waals surface area contributed by atoms with Crippen molar-refractivity contribution in [3.05, 3.63) is 12.3 Å². The molecule has 20 heavy (non-hydrogen) atoms. The highest BCUT2D eigenvalue weighted by atomic mass is 32.2. The van der Waals surface area contributed by atoms with Crippen LogP contribution in [0.4, 0.5) is 19.0 Å². The number of alkyl halides is 3. The number of anilines is 1. The van der Waals surface area contributed by atoms with Crippen LogP contribution in [0.5, 0.6) is 0 Å². The molecule has 112 valence electrons. The molecule has 0 bridgehead atoms. The fraction of sp³-hybridized carbons (Fsp3) is 0.375. The monoisotopic (exact) mass is 315 g/mol. The predicted octanol–water partition coefficient (Wildman–Crippen LogP) is 0.0824. The van der Waals surface area contributed by atoms with Crippen molar-refractivity contribution in [2.75, 3.05) is 11.9 Å². The Morgan fingerprint density at radius 1 is 1.45 bits per heavy atom. The molecule has 1 rings (SSSR count). The number of hydrogen-bond acceptors (Lipinski definition) is 6. The molecule has 0 saturated carbocycles. The van der Waals surface area contributed by atoms with E-state index in [0.29, 0.717) is 0 Å². The fourth-order valence-electron chi connectivity index (χ4n) is 1.02. The number of rotatable bonds is 4. The van der Waals surface area contributed by atoms with E-state index in [1.165, 1.54) is 0 Å². The van der Waals surface area contributed by atoms with Crippen LogP contribution in [0.3, 0.4) is 0 Å². The second kappa shape index (κ2) is 5.48. The standard InChI is InChI=1S/C8H8F3N3O5S/c1-5(15)19-4-7(16)13-6-2-3-12-14(6)20(17,18)8(9,10)11/h2-3H,4H2,1H3,(H,13,16). The average Bonchev–Trinajstić information content (AvgIpc) is 2.73. The summed E-state index contributed by atoms with van der Waals surface area (Å²) in [5.41, 5.74) is -5.58. The topological polar surface area (TPSA) is 107 Å². The number of aromatic nitrogens is 2. The molecule has 8 nitrogen and oxygen atoms in total. The Balaban J connectivity index is 2.94. The van der Waals surface area contributed by atoms with Gasteiger partial charge < -0.3 is 10.1 Å². The van der Waals surface area contributed by atoms with Gasteiger partial charge in [0, 0.05) is 13.0 Å². The van der Waals surface area contributed by atoms with Crippen LogP contribution in [-0.4, -0.2) is 41.6 Å². The maximum absolute atomic E-state index is 12.3. The first-order valence-electron chi connectivity index (χ1n) is 4.85. The number of nitrogens with one attached hydrogen (secondary N) is 1. The van der Waals surface area contributed by atoms with Gasteiger partial charge in [-0.1, -0.05) is 0 Å². The van der Waals surface area contributed by atoms with E-state index in [2.05, 4.69) is 9.84 Å². The quantitative estimate of drug-likeness (QED) is 0.789. The molecule has 12 heteroatoms. The first-order valence-corrected chi connectivity index (χ1v) is 6.29. The van der Waals surface area contributed by atoms with E-state index in [9.17, 15) is 31.2 Å². The lowest BCUT2D eigenvalue weighted by Gasteiger charge is -2.11. The van der Waals surface area contributed by atoms with Crippen LogP contribution >= 0.6 is 0 Å². The van der Waals surface area contributed by atoms with Gasteiger partial charge >= 0.3 is 21.5 Å². The van der Waals surface area contributed by atoms with Crippen LogP contribution in [0.1, 0.15) is 6.92 Å². The molecule has 0 aliphatic carbocycles. The number of hydrogen-bond donors (Lipinski definition) is 1. The summed E-state index contributed by atoms with van der Waals surface area (Å²) >= 11 is 0. The Morgan fingerprint density at radius 3 is 2.55 bits per heavy atom. The third kappa shape index (κ3) is 3.46. The van der Waals surface area contributed by atoms with Crippen LogP contribution in [0.2, 0.25) is 0 Å². The molecule has 0 aromatic carbocycles. The van der Waals surface area contributed by atoms with Crippen molar-refractivity contribution < 1.29 is 35.9 Å². The Kier molecular flexibility index (Phi) is 4.37. The minimum Gasteiger partial charge on any atom is -0.456 e. The van der Waals surface area contributed by atoms with Gasteiger partial charge in [-0.15, -0.1) is 4.09 Å². The third-order valence-electron chi connectivity index (χ3n) is 1.80. The summed E-state index contributed by atoms with van der Waals surface area (Å²) in [5, 5.41) is 4.82. The summed E-state index contributed by atoms with van der Waals surface area (Å²) in [5.74, 6) is -2.52. The smallest absolute Gasteiger partial charge is 0.456 e. The predicted molar refractivity (Wildman–Crippen MR) is 57.9 cm³/mol. The molecule has 0 saturated heterocycles. The van der Waals surface area contributed by atoms with Crippen LogP contribution in [0.15, 0.2) is 12.3 Å². The zero-order chi connectivity index (χ0) is 15.6. The Labute approximate surface area is 110 Å². The molecule has 1 heterocycles. The third-order valence-corrected chi connectivity index (χ3v) is 3.14. The molecule has 1 amide bonds. The Morgan fingerprint density at radius 2 is 2.05 bits per heavy atom. The minimum atomic E-state index is -5.76. The van der Waals surface area contributed by atoms with Gasteiger partial charge in [0.05, 0.1) is 6.20 Å². The summed E-state index contributed by atoms with van der Waals surface area (Å²) in [6, 6.07) is 0.842. The normalized spacial score (nSPS) is 12.0. The summed E-state index contributed by atoms with van der Waals surface area (Å²) in [4.78, 5) is 21.7. The highest BCUT2D eigenvalue weighted by molar-refractivity contribution is 7.90. The number of ether oxygens (including phenoxy) is 1. The molecule has 0 unspecified atom stereocenters. The first-order chi connectivity index (χ1) is 9.05. The van der Waals surface area contributed by atoms with Crippen molar-refractivity contribution in [3.63, 3.8) is 0 Å². The summed E-state index contributed by atoms with van der Waals surface area (Å²) in [6.45, 7) is 0.248. The second-order valence-corrected chi connectivity index (χ2v) is 5.10. The number of carbonyl (C=O) groups is 2. The van der Waals surface area contributed by atoms with Gasteiger partial charge in [0.25, 0.3) is 5.91 Å². The van der Waals surface area contributed by atoms with Gasteiger partial charge in [-0.3, -0.25) is 9.59 Å². The van der Waals surface area contributed by atoms with Gasteiger partial charge in [-0.25, -0.2) is 0 Å². The van der Waals surface area contributed by atoms with E-state index in [0.717, 1.165) is 19.2 Å². The van der Waals surface area contributed by atoms with Crippen molar-refractivity contribution in [3.8, 4) is 0 Å². The van der Waals surface area contributed by atoms with E-state index >= 15 is 0 Å². The van der Waals surface area contributed by atoms with Gasteiger partial charge in [-0.2, -0.15) is 26.7 Å². The lowest BCUT2D eigenvalue weighted by atomic mass is 10.5. The zero-order valence-electron chi connectivity index (χ0n) is 9.84. The number of esters is 1. The molecule has 1 N–H and O–H groups in total. The van der Waals surface area contributed by atoms with Gasteiger partial charge in [0.15, 0.2) is 6.61 Å².